The van der Waals surface area contributed by atoms with E-state index in [9.17, 15) is 15.1 Å². The molecule has 2 fully saturated rings. The maximum Gasteiger partial charge on any atom is 0.174 e. The van der Waals surface area contributed by atoms with Crippen molar-refractivity contribution in [3.05, 3.63) is 23.3 Å². The molecule has 122 valence electrons. The molecule has 0 amide bonds. The van der Waals surface area contributed by atoms with Gasteiger partial charge in [-0.25, -0.2) is 0 Å². The number of piperidine rings is 1. The summed E-state index contributed by atoms with van der Waals surface area (Å²) < 4.78 is 11.5. The Bertz CT molecular complexity index is 734. The second kappa shape index (κ2) is 4.06. The van der Waals surface area contributed by atoms with Crippen LogP contribution in [0.3, 0.4) is 0 Å². The zero-order valence-corrected chi connectivity index (χ0v) is 12.9. The maximum atomic E-state index is 12.6. The number of methoxy groups -OCH3 is 1. The van der Waals surface area contributed by atoms with Gasteiger partial charge in [0.15, 0.2) is 23.4 Å². The first-order valence-corrected chi connectivity index (χ1v) is 8.10. The van der Waals surface area contributed by atoms with Gasteiger partial charge in [0.1, 0.15) is 0 Å². The molecule has 0 radical (unpaired) electrons. The summed E-state index contributed by atoms with van der Waals surface area (Å²) in [4.78, 5) is 12.6. The van der Waals surface area contributed by atoms with Crippen LogP contribution in [0.2, 0.25) is 0 Å². The number of hydrogen-bond acceptors (Lipinski definition) is 6. The van der Waals surface area contributed by atoms with E-state index in [2.05, 4.69) is 0 Å². The zero-order valence-electron chi connectivity index (χ0n) is 12.9. The van der Waals surface area contributed by atoms with E-state index in [1.165, 1.54) is 5.06 Å². The Morgan fingerprint density at radius 2 is 2.22 bits per heavy atom. The quantitative estimate of drug-likeness (QED) is 0.798. The highest BCUT2D eigenvalue weighted by Crippen LogP contribution is 2.64. The van der Waals surface area contributed by atoms with Crippen molar-refractivity contribution in [2.45, 2.75) is 48.8 Å². The smallest absolute Gasteiger partial charge is 0.174 e. The molecule has 2 aliphatic heterocycles. The molecule has 6 heteroatoms. The van der Waals surface area contributed by atoms with Crippen LogP contribution < -0.4 is 9.47 Å². The number of nitrogens with zero attached hydrogens (tertiary/aromatic N) is 1. The lowest BCUT2D eigenvalue weighted by molar-refractivity contribution is -0.257. The summed E-state index contributed by atoms with van der Waals surface area (Å²) >= 11 is 0. The molecule has 0 unspecified atom stereocenters. The van der Waals surface area contributed by atoms with Crippen LogP contribution in [0.15, 0.2) is 12.1 Å². The van der Waals surface area contributed by atoms with Gasteiger partial charge >= 0.3 is 0 Å². The molecule has 5 rings (SSSR count). The van der Waals surface area contributed by atoms with E-state index in [4.69, 9.17) is 9.47 Å². The van der Waals surface area contributed by atoms with Crippen molar-refractivity contribution in [2.75, 3.05) is 13.7 Å². The number of carbonyl (C=O) groups is 1. The van der Waals surface area contributed by atoms with Gasteiger partial charge in [0.05, 0.1) is 24.2 Å². The maximum absolute atomic E-state index is 12.6. The molecule has 4 atom stereocenters. The molecule has 1 saturated heterocycles. The van der Waals surface area contributed by atoms with Crippen molar-refractivity contribution in [3.63, 3.8) is 0 Å². The highest BCUT2D eigenvalue weighted by Gasteiger charge is 2.73. The van der Waals surface area contributed by atoms with Gasteiger partial charge in [-0.2, -0.15) is 5.06 Å². The van der Waals surface area contributed by atoms with Crippen LogP contribution in [0, 0.1) is 0 Å². The molecule has 1 saturated carbocycles. The summed E-state index contributed by atoms with van der Waals surface area (Å²) in [6.45, 7) is 0.427. The standard InChI is InChI=1S/C17H19NO5/c1-22-11-3-2-9-8-12-17(20)5-4-10(19)15-16(17,6-7-18(12)21)13(9)14(11)23-15/h2-3,12,15,20-21H,4-8H2,1H3/t12-,15+,16+,17-/m1/s1. The molecule has 2 N–H and O–H groups in total. The molecule has 2 heterocycles. The average Bonchev–Trinajstić information content (AvgIpc) is 2.90. The number of ether oxygens (including phenoxy) is 2. The third kappa shape index (κ3) is 1.31. The minimum absolute atomic E-state index is 0.0333. The zero-order chi connectivity index (χ0) is 16.0. The van der Waals surface area contributed by atoms with Crippen molar-refractivity contribution < 1.29 is 24.6 Å². The number of ketones is 1. The first-order chi connectivity index (χ1) is 11.0. The van der Waals surface area contributed by atoms with Crippen molar-refractivity contribution >= 4 is 5.78 Å². The number of aliphatic hydroxyl groups is 1. The molecule has 1 aromatic rings. The summed E-state index contributed by atoms with van der Waals surface area (Å²) in [5.74, 6) is 1.24. The van der Waals surface area contributed by atoms with Gasteiger partial charge < -0.3 is 19.8 Å². The van der Waals surface area contributed by atoms with Gasteiger partial charge in [-0.05, 0) is 30.9 Å². The predicted molar refractivity (Wildman–Crippen MR) is 78.9 cm³/mol. The van der Waals surface area contributed by atoms with Crippen LogP contribution in [0.5, 0.6) is 11.5 Å². The van der Waals surface area contributed by atoms with Gasteiger partial charge in [0.25, 0.3) is 0 Å². The third-order valence-corrected chi connectivity index (χ3v) is 6.43. The lowest BCUT2D eigenvalue weighted by atomic mass is 9.49. The van der Waals surface area contributed by atoms with E-state index in [0.717, 1.165) is 11.1 Å². The minimum atomic E-state index is -1.15. The molecule has 2 aliphatic carbocycles. The lowest BCUT2D eigenvalue weighted by Gasteiger charge is -2.61. The molecule has 6 nitrogen and oxygen atoms in total. The second-order valence-electron chi connectivity index (χ2n) is 7.12. The second-order valence-corrected chi connectivity index (χ2v) is 7.12. The number of hydrogen-bond donors (Lipinski definition) is 2. The number of rotatable bonds is 1. The molecule has 23 heavy (non-hydrogen) atoms. The van der Waals surface area contributed by atoms with E-state index in [0.29, 0.717) is 37.3 Å². The Morgan fingerprint density at radius 3 is 3.00 bits per heavy atom. The molecule has 2 bridgehead atoms. The fourth-order valence-electron chi connectivity index (χ4n) is 5.46. The fourth-order valence-corrected chi connectivity index (χ4v) is 5.46. The third-order valence-electron chi connectivity index (χ3n) is 6.43. The van der Waals surface area contributed by atoms with Crippen LogP contribution >= 0.6 is 0 Å². The Morgan fingerprint density at radius 1 is 1.39 bits per heavy atom. The Kier molecular flexibility index (Phi) is 2.43. The van der Waals surface area contributed by atoms with Crippen molar-refractivity contribution in [3.8, 4) is 11.5 Å². The van der Waals surface area contributed by atoms with Gasteiger partial charge in [-0.1, -0.05) is 6.07 Å². The van der Waals surface area contributed by atoms with Crippen LogP contribution in [-0.2, 0) is 16.6 Å². The Labute approximate surface area is 133 Å². The average molecular weight is 317 g/mol. The topological polar surface area (TPSA) is 79.2 Å². The summed E-state index contributed by atoms with van der Waals surface area (Å²) in [6.07, 6.45) is 1.01. The van der Waals surface area contributed by atoms with Crippen LogP contribution in [0.4, 0.5) is 0 Å². The van der Waals surface area contributed by atoms with E-state index in [1.807, 2.05) is 12.1 Å². The fraction of sp³-hybridized carbons (Fsp3) is 0.588. The summed E-state index contributed by atoms with van der Waals surface area (Å²) in [7, 11) is 1.58. The molecule has 0 aromatic heterocycles. The molecular weight excluding hydrogens is 298 g/mol. The van der Waals surface area contributed by atoms with Crippen LogP contribution in [0.25, 0.3) is 0 Å². The molecule has 1 aromatic carbocycles. The highest BCUT2D eigenvalue weighted by atomic mass is 16.5. The number of carbonyl (C=O) groups excluding carboxylic acids is 1. The number of Topliss-reactive ketones (excluding diaryl/α,β-unsaturated/α-hetero) is 1. The monoisotopic (exact) mass is 317 g/mol. The van der Waals surface area contributed by atoms with E-state index >= 15 is 0 Å². The lowest BCUT2D eigenvalue weighted by Crippen LogP contribution is -2.76. The van der Waals surface area contributed by atoms with Crippen LogP contribution in [0.1, 0.15) is 30.4 Å². The van der Waals surface area contributed by atoms with Gasteiger partial charge in [0.2, 0.25) is 0 Å². The normalized spacial score (nSPS) is 40.6. The van der Waals surface area contributed by atoms with Gasteiger partial charge in [-0.15, -0.1) is 0 Å². The predicted octanol–water partition coefficient (Wildman–Crippen LogP) is 0.808. The molecule has 1 spiro atoms. The van der Waals surface area contributed by atoms with Gasteiger partial charge in [-0.3, -0.25) is 4.79 Å². The Hall–Kier alpha value is -1.63. The van der Waals surface area contributed by atoms with Crippen molar-refractivity contribution in [1.29, 1.82) is 0 Å². The molecular formula is C17H19NO5. The minimum Gasteiger partial charge on any atom is -0.493 e. The molecule has 4 aliphatic rings. The van der Waals surface area contributed by atoms with Gasteiger partial charge in [0, 0.05) is 18.5 Å². The largest absolute Gasteiger partial charge is 0.493 e. The first-order valence-electron chi connectivity index (χ1n) is 8.10. The Balaban J connectivity index is 1.86. The summed E-state index contributed by atoms with van der Waals surface area (Å²) in [6, 6.07) is 3.41. The van der Waals surface area contributed by atoms with E-state index < -0.39 is 23.2 Å². The first kappa shape index (κ1) is 13.8. The van der Waals surface area contributed by atoms with Crippen LogP contribution in [-0.4, -0.2) is 52.6 Å². The highest BCUT2D eigenvalue weighted by molar-refractivity contribution is 5.90. The summed E-state index contributed by atoms with van der Waals surface area (Å²) in [5, 5.41) is 23.2. The van der Waals surface area contributed by atoms with E-state index in [1.54, 1.807) is 7.11 Å². The number of benzene rings is 1. The van der Waals surface area contributed by atoms with E-state index in [-0.39, 0.29) is 12.2 Å². The van der Waals surface area contributed by atoms with Crippen molar-refractivity contribution in [1.82, 2.24) is 5.06 Å². The summed E-state index contributed by atoms with van der Waals surface area (Å²) in [5.41, 5.74) is 0.0561. The SMILES string of the molecule is COc1ccc2c3c1O[C@H]1C(=O)CC[C@@]4(O)[C@@H](C2)N(O)CC[C@]314. The van der Waals surface area contributed by atoms with Crippen molar-refractivity contribution in [2.24, 2.45) is 0 Å². The number of hydroxylamine groups is 2.